The lowest BCUT2D eigenvalue weighted by Crippen LogP contribution is -2.47. The van der Waals surface area contributed by atoms with Crippen molar-refractivity contribution in [1.82, 2.24) is 5.32 Å². The maximum Gasteiger partial charge on any atom is 0.306 e. The number of rotatable bonds is 62. The number of phosphoric acid groups is 1. The maximum atomic E-state index is 13.5. The third-order valence-corrected chi connectivity index (χ3v) is 16.1. The highest BCUT2D eigenvalue weighted by molar-refractivity contribution is 7.45. The van der Waals surface area contributed by atoms with Gasteiger partial charge in [-0.05, 0) is 96.0 Å². The SMILES string of the molecule is CCCCC/C=C\C/C=C\C/C=C\CCCCCCCCCCCCCCCCC(=O)OC(/C=C\CCCCCCCCCCCC)C(COP(=O)([O-])OCC[N+](C)(C)C)NC(=O)CCCCCCCCC/C=C\CCCCCC. The number of esters is 1. The van der Waals surface area contributed by atoms with Crippen LogP contribution in [0.15, 0.2) is 60.8 Å². The van der Waals surface area contributed by atoms with Gasteiger partial charge >= 0.3 is 5.97 Å². The van der Waals surface area contributed by atoms with E-state index in [1.165, 1.54) is 205 Å². The van der Waals surface area contributed by atoms with Crippen molar-refractivity contribution in [3.05, 3.63) is 60.8 Å². The summed E-state index contributed by atoms with van der Waals surface area (Å²) in [5.74, 6) is -0.537. The van der Waals surface area contributed by atoms with Gasteiger partial charge in [0.05, 0.1) is 33.8 Å². The third kappa shape index (κ3) is 60.3. The lowest BCUT2D eigenvalue weighted by molar-refractivity contribution is -0.870. The van der Waals surface area contributed by atoms with E-state index in [1.54, 1.807) is 0 Å². The number of allylic oxidation sites excluding steroid dienone is 9. The van der Waals surface area contributed by atoms with E-state index in [1.807, 2.05) is 33.3 Å². The van der Waals surface area contributed by atoms with Crippen molar-refractivity contribution in [2.24, 2.45) is 0 Å². The number of ether oxygens (including phenoxy) is 1. The zero-order valence-electron chi connectivity index (χ0n) is 53.5. The van der Waals surface area contributed by atoms with Crippen LogP contribution >= 0.6 is 7.82 Å². The second kappa shape index (κ2) is 59.9. The van der Waals surface area contributed by atoms with E-state index in [9.17, 15) is 19.0 Å². The molecule has 0 radical (unpaired) electrons. The van der Waals surface area contributed by atoms with Crippen LogP contribution in [0.1, 0.15) is 323 Å². The van der Waals surface area contributed by atoms with Gasteiger partial charge in [0.1, 0.15) is 19.3 Å². The molecule has 0 rings (SSSR count). The molecule has 1 amide bonds. The summed E-state index contributed by atoms with van der Waals surface area (Å²) in [5.41, 5.74) is 0. The molecule has 3 unspecified atom stereocenters. The molecule has 80 heavy (non-hydrogen) atoms. The Morgan fingerprint density at radius 3 is 1.19 bits per heavy atom. The monoisotopic (exact) mass is 1140 g/mol. The first-order valence-electron chi connectivity index (χ1n) is 34.1. The minimum absolute atomic E-state index is 0.0230. The molecule has 0 saturated carbocycles. The Bertz CT molecular complexity index is 1550. The lowest BCUT2D eigenvalue weighted by atomic mass is 10.0. The Hall–Kier alpha value is -2.29. The van der Waals surface area contributed by atoms with Gasteiger partial charge in [0.15, 0.2) is 0 Å². The molecule has 0 aliphatic carbocycles. The van der Waals surface area contributed by atoms with E-state index in [4.69, 9.17) is 13.8 Å². The zero-order valence-corrected chi connectivity index (χ0v) is 54.4. The van der Waals surface area contributed by atoms with Crippen LogP contribution in [-0.4, -0.2) is 69.4 Å². The second-order valence-electron chi connectivity index (χ2n) is 24.3. The minimum Gasteiger partial charge on any atom is -0.756 e. The standard InChI is InChI=1S/C70H131N2O7P/c1-7-10-13-16-19-22-25-28-30-31-32-33-34-35-36-37-38-39-40-41-43-45-48-51-54-57-60-63-70(74)79-68(61-58-55-52-49-46-27-24-21-18-15-12-9-3)67(66-78-80(75,76)77-65-64-72(4,5)6)71-69(73)62-59-56-53-50-47-44-42-29-26-23-20-17-14-11-8-2/h19,22-23,26,28,30,32-33,58,61,67-68H,7-18,20-21,24-25,27,29,31,34-57,59-60,62-66H2,1-6H3,(H-,71,73,75,76)/b22-19-,26-23-,30-28-,33-32-,61-58-. The molecule has 0 saturated heterocycles. The van der Waals surface area contributed by atoms with E-state index in [0.29, 0.717) is 17.4 Å². The molecule has 0 aliphatic rings. The summed E-state index contributed by atoms with van der Waals surface area (Å²) < 4.78 is 30.4. The molecule has 0 spiro atoms. The normalized spacial score (nSPS) is 13.9. The number of amides is 1. The number of phosphoric ester groups is 1. The van der Waals surface area contributed by atoms with Gasteiger partial charge in [0, 0.05) is 12.8 Å². The molecule has 3 atom stereocenters. The first-order valence-corrected chi connectivity index (χ1v) is 35.6. The molecule has 468 valence electrons. The summed E-state index contributed by atoms with van der Waals surface area (Å²) in [4.78, 5) is 40.1. The van der Waals surface area contributed by atoms with Crippen molar-refractivity contribution < 1.29 is 37.3 Å². The van der Waals surface area contributed by atoms with Crippen LogP contribution in [0.4, 0.5) is 0 Å². The van der Waals surface area contributed by atoms with Gasteiger partial charge in [-0.25, -0.2) is 0 Å². The fourth-order valence-electron chi connectivity index (χ4n) is 9.88. The molecule has 0 aliphatic heterocycles. The Balaban J connectivity index is 5.03. The highest BCUT2D eigenvalue weighted by atomic mass is 31.2. The maximum absolute atomic E-state index is 13.5. The summed E-state index contributed by atoms with van der Waals surface area (Å²) in [7, 11) is 1.19. The molecule has 0 bridgehead atoms. The van der Waals surface area contributed by atoms with Crippen LogP contribution in [0.2, 0.25) is 0 Å². The molecule has 9 nitrogen and oxygen atoms in total. The van der Waals surface area contributed by atoms with Crippen LogP contribution in [0.25, 0.3) is 0 Å². The Morgan fingerprint density at radius 2 is 0.762 bits per heavy atom. The summed E-state index contributed by atoms with van der Waals surface area (Å²) >= 11 is 0. The van der Waals surface area contributed by atoms with Crippen LogP contribution in [-0.2, 0) is 27.9 Å². The number of nitrogens with one attached hydrogen (secondary N) is 1. The van der Waals surface area contributed by atoms with Crippen molar-refractivity contribution >= 4 is 19.7 Å². The summed E-state index contributed by atoms with van der Waals surface area (Å²) in [6, 6.07) is -0.890. The number of quaternary nitrogens is 1. The molecule has 1 N–H and O–H groups in total. The van der Waals surface area contributed by atoms with Gasteiger partial charge in [-0.2, -0.15) is 0 Å². The molecule has 0 aromatic carbocycles. The van der Waals surface area contributed by atoms with E-state index < -0.39 is 20.0 Å². The number of carbonyl (C=O) groups is 2. The summed E-state index contributed by atoms with van der Waals surface area (Å²) in [5, 5.41) is 3.03. The van der Waals surface area contributed by atoms with Crippen LogP contribution in [0.3, 0.4) is 0 Å². The van der Waals surface area contributed by atoms with Gasteiger partial charge in [-0.1, -0.05) is 275 Å². The van der Waals surface area contributed by atoms with E-state index in [-0.39, 0.29) is 31.5 Å². The molecule has 0 fully saturated rings. The fraction of sp³-hybridized carbons (Fsp3) is 0.829. The predicted molar refractivity (Wildman–Crippen MR) is 344 cm³/mol. The van der Waals surface area contributed by atoms with Crippen molar-refractivity contribution in [2.75, 3.05) is 40.9 Å². The zero-order chi connectivity index (χ0) is 58.6. The Morgan fingerprint density at radius 1 is 0.438 bits per heavy atom. The molecular weight excluding hydrogens is 1010 g/mol. The van der Waals surface area contributed by atoms with E-state index >= 15 is 0 Å². The lowest BCUT2D eigenvalue weighted by Gasteiger charge is -2.30. The van der Waals surface area contributed by atoms with Crippen molar-refractivity contribution in [1.29, 1.82) is 0 Å². The van der Waals surface area contributed by atoms with E-state index in [2.05, 4.69) is 74.7 Å². The van der Waals surface area contributed by atoms with Crippen molar-refractivity contribution in [3.8, 4) is 0 Å². The highest BCUT2D eigenvalue weighted by Gasteiger charge is 2.27. The number of hydrogen-bond donors (Lipinski definition) is 1. The molecule has 0 heterocycles. The van der Waals surface area contributed by atoms with Crippen LogP contribution in [0, 0.1) is 0 Å². The average Bonchev–Trinajstić information content (AvgIpc) is 3.43. The molecular formula is C70H131N2O7P. The van der Waals surface area contributed by atoms with Gasteiger partial charge in [0.2, 0.25) is 5.91 Å². The largest absolute Gasteiger partial charge is 0.756 e. The smallest absolute Gasteiger partial charge is 0.306 e. The van der Waals surface area contributed by atoms with Gasteiger partial charge in [-0.3, -0.25) is 14.2 Å². The van der Waals surface area contributed by atoms with E-state index in [0.717, 1.165) is 83.5 Å². The number of carbonyl (C=O) groups excluding carboxylic acids is 2. The number of hydrogen-bond acceptors (Lipinski definition) is 7. The predicted octanol–water partition coefficient (Wildman–Crippen LogP) is 20.8. The first-order chi connectivity index (χ1) is 38.9. The molecule has 10 heteroatoms. The van der Waals surface area contributed by atoms with Crippen molar-refractivity contribution in [3.63, 3.8) is 0 Å². The number of nitrogens with zero attached hydrogens (tertiary/aromatic N) is 1. The molecule has 0 aromatic heterocycles. The second-order valence-corrected chi connectivity index (χ2v) is 25.7. The summed E-state index contributed by atoms with van der Waals surface area (Å²) in [6.07, 6.45) is 76.2. The van der Waals surface area contributed by atoms with Gasteiger partial charge in [0.25, 0.3) is 7.82 Å². The quantitative estimate of drug-likeness (QED) is 0.0212. The summed E-state index contributed by atoms with van der Waals surface area (Å²) in [6.45, 7) is 6.83. The fourth-order valence-corrected chi connectivity index (χ4v) is 10.6. The Kier molecular flexibility index (Phi) is 58.1. The Labute approximate surface area is 496 Å². The third-order valence-electron chi connectivity index (χ3n) is 15.2. The minimum atomic E-state index is -4.70. The number of unbranched alkanes of at least 4 members (excludes halogenated alkanes) is 38. The van der Waals surface area contributed by atoms with Crippen molar-refractivity contribution in [2.45, 2.75) is 335 Å². The van der Waals surface area contributed by atoms with Gasteiger partial charge < -0.3 is 28.5 Å². The molecule has 0 aromatic rings. The average molecular weight is 1140 g/mol. The first kappa shape index (κ1) is 77.7. The van der Waals surface area contributed by atoms with Crippen LogP contribution in [0.5, 0.6) is 0 Å². The number of likely N-dealkylation sites (N-methyl/N-ethyl adjacent to an activating group) is 1. The van der Waals surface area contributed by atoms with Crippen LogP contribution < -0.4 is 10.2 Å². The van der Waals surface area contributed by atoms with Gasteiger partial charge in [-0.15, -0.1) is 0 Å². The topological polar surface area (TPSA) is 114 Å². The highest BCUT2D eigenvalue weighted by Crippen LogP contribution is 2.38.